The molecule has 7 heteroatoms. The number of nitrogens with zero attached hydrogens (tertiary/aromatic N) is 3. The molecule has 0 bridgehead atoms. The van der Waals surface area contributed by atoms with Crippen LogP contribution in [0.4, 0.5) is 0 Å². The lowest BCUT2D eigenvalue weighted by Crippen LogP contribution is -2.29. The zero-order valence-corrected chi connectivity index (χ0v) is 20.1. The molecule has 0 aliphatic carbocycles. The lowest BCUT2D eigenvalue weighted by Gasteiger charge is -2.19. The van der Waals surface area contributed by atoms with Gasteiger partial charge in [-0.1, -0.05) is 43.0 Å². The van der Waals surface area contributed by atoms with Crippen LogP contribution in [-0.4, -0.2) is 33.2 Å². The molecular formula is C23H29N3O2S2. The van der Waals surface area contributed by atoms with Gasteiger partial charge in [-0.15, -0.1) is 11.3 Å². The quantitative estimate of drug-likeness (QED) is 0.382. The number of aryl methyl sites for hydroxylation is 3. The van der Waals surface area contributed by atoms with Crippen molar-refractivity contribution >= 4 is 39.2 Å². The second-order valence-electron chi connectivity index (χ2n) is 7.84. The SMILES string of the molecule is CCc1ccc(CN(C)C(=O)CSc2nc3sc(C)c(C)c3c(=O)n2C(C)C)cc1. The smallest absolute Gasteiger partial charge is 0.263 e. The Balaban J connectivity index is 1.77. The highest BCUT2D eigenvalue weighted by atomic mass is 32.2. The summed E-state index contributed by atoms with van der Waals surface area (Å²) in [6.45, 7) is 10.6. The van der Waals surface area contributed by atoms with Crippen LogP contribution < -0.4 is 5.56 Å². The van der Waals surface area contributed by atoms with Gasteiger partial charge in [0.25, 0.3) is 5.56 Å². The van der Waals surface area contributed by atoms with E-state index >= 15 is 0 Å². The number of thiophene rings is 1. The molecule has 0 atom stereocenters. The highest BCUT2D eigenvalue weighted by Crippen LogP contribution is 2.29. The van der Waals surface area contributed by atoms with Crippen LogP contribution in [0.2, 0.25) is 0 Å². The van der Waals surface area contributed by atoms with E-state index in [1.54, 1.807) is 9.47 Å². The number of rotatable bonds is 7. The number of hydrogen-bond acceptors (Lipinski definition) is 5. The maximum absolute atomic E-state index is 13.1. The zero-order chi connectivity index (χ0) is 22.0. The average Bonchev–Trinajstić information content (AvgIpc) is 3.00. The largest absolute Gasteiger partial charge is 0.341 e. The third-order valence-electron chi connectivity index (χ3n) is 5.32. The fourth-order valence-electron chi connectivity index (χ4n) is 3.32. The minimum absolute atomic E-state index is 0.0164. The highest BCUT2D eigenvalue weighted by molar-refractivity contribution is 7.99. The van der Waals surface area contributed by atoms with Gasteiger partial charge in [-0.05, 0) is 50.8 Å². The number of benzene rings is 1. The molecule has 3 rings (SSSR count). The van der Waals surface area contributed by atoms with Crippen LogP contribution >= 0.6 is 23.1 Å². The first-order valence-corrected chi connectivity index (χ1v) is 12.0. The summed E-state index contributed by atoms with van der Waals surface area (Å²) in [4.78, 5) is 34.2. The molecule has 0 saturated carbocycles. The molecule has 0 aliphatic heterocycles. The first-order chi connectivity index (χ1) is 14.2. The van der Waals surface area contributed by atoms with E-state index in [4.69, 9.17) is 4.98 Å². The lowest BCUT2D eigenvalue weighted by atomic mass is 10.1. The van der Waals surface area contributed by atoms with E-state index in [9.17, 15) is 9.59 Å². The van der Waals surface area contributed by atoms with Gasteiger partial charge in [-0.2, -0.15) is 0 Å². The van der Waals surface area contributed by atoms with Crippen molar-refractivity contribution in [2.45, 2.75) is 58.8 Å². The first kappa shape index (κ1) is 22.6. The van der Waals surface area contributed by atoms with E-state index in [-0.39, 0.29) is 23.3 Å². The van der Waals surface area contributed by atoms with Crippen molar-refractivity contribution in [2.75, 3.05) is 12.8 Å². The number of thioether (sulfide) groups is 1. The van der Waals surface area contributed by atoms with Crippen molar-refractivity contribution in [3.8, 4) is 0 Å². The Bertz CT molecular complexity index is 1110. The molecule has 1 aromatic carbocycles. The summed E-state index contributed by atoms with van der Waals surface area (Å²) in [6.07, 6.45) is 1.00. The molecule has 0 unspecified atom stereocenters. The van der Waals surface area contributed by atoms with Gasteiger partial charge >= 0.3 is 0 Å². The van der Waals surface area contributed by atoms with E-state index < -0.39 is 0 Å². The Morgan fingerprint density at radius 2 is 1.83 bits per heavy atom. The van der Waals surface area contributed by atoms with Crippen molar-refractivity contribution in [3.63, 3.8) is 0 Å². The fraction of sp³-hybridized carbons (Fsp3) is 0.435. The van der Waals surface area contributed by atoms with Gasteiger partial charge < -0.3 is 4.90 Å². The maximum Gasteiger partial charge on any atom is 0.263 e. The van der Waals surface area contributed by atoms with Gasteiger partial charge in [-0.25, -0.2) is 4.98 Å². The summed E-state index contributed by atoms with van der Waals surface area (Å²) in [5, 5.41) is 1.31. The molecule has 3 aromatic rings. The van der Waals surface area contributed by atoms with Crippen LogP contribution in [-0.2, 0) is 17.8 Å². The normalized spacial score (nSPS) is 11.4. The standard InChI is InChI=1S/C23H29N3O2S2/c1-7-17-8-10-18(11-9-17)12-25(6)19(27)13-29-23-24-21-20(15(4)16(5)30-21)22(28)26(23)14(2)3/h8-11,14H,7,12-13H2,1-6H3. The van der Waals surface area contributed by atoms with Gasteiger partial charge in [0.05, 0.1) is 11.1 Å². The lowest BCUT2D eigenvalue weighted by molar-refractivity contribution is -0.127. The van der Waals surface area contributed by atoms with Gasteiger partial charge in [0, 0.05) is 24.5 Å². The van der Waals surface area contributed by atoms with Crippen molar-refractivity contribution in [3.05, 3.63) is 56.2 Å². The van der Waals surface area contributed by atoms with E-state index in [2.05, 4.69) is 31.2 Å². The number of carbonyl (C=O) groups is 1. The second kappa shape index (κ2) is 9.35. The molecule has 160 valence electrons. The van der Waals surface area contributed by atoms with Gasteiger partial charge in [0.15, 0.2) is 5.16 Å². The van der Waals surface area contributed by atoms with E-state index in [0.717, 1.165) is 27.3 Å². The minimum atomic E-state index is -0.0265. The number of hydrogen-bond donors (Lipinski definition) is 0. The molecule has 30 heavy (non-hydrogen) atoms. The van der Waals surface area contributed by atoms with Gasteiger partial charge in [0.1, 0.15) is 4.83 Å². The predicted molar refractivity (Wildman–Crippen MR) is 127 cm³/mol. The molecule has 0 aliphatic rings. The molecule has 0 N–H and O–H groups in total. The van der Waals surface area contributed by atoms with Crippen LogP contribution in [0.15, 0.2) is 34.2 Å². The minimum Gasteiger partial charge on any atom is -0.341 e. The van der Waals surface area contributed by atoms with Crippen molar-refractivity contribution in [2.24, 2.45) is 0 Å². The van der Waals surface area contributed by atoms with E-state index in [0.29, 0.717) is 17.1 Å². The molecular weight excluding hydrogens is 414 g/mol. The summed E-state index contributed by atoms with van der Waals surface area (Å²) in [6, 6.07) is 8.33. The second-order valence-corrected chi connectivity index (χ2v) is 9.98. The molecule has 0 spiro atoms. The monoisotopic (exact) mass is 443 g/mol. The molecule has 0 fully saturated rings. The number of amides is 1. The molecule has 2 aromatic heterocycles. The van der Waals surface area contributed by atoms with Crippen LogP contribution in [0.1, 0.15) is 48.4 Å². The average molecular weight is 444 g/mol. The molecule has 5 nitrogen and oxygen atoms in total. The molecule has 2 heterocycles. The van der Waals surface area contributed by atoms with Crippen LogP contribution in [0, 0.1) is 13.8 Å². The summed E-state index contributed by atoms with van der Waals surface area (Å²) < 4.78 is 1.71. The third-order valence-corrected chi connectivity index (χ3v) is 7.36. The van der Waals surface area contributed by atoms with E-state index in [1.807, 2.05) is 34.7 Å². The Morgan fingerprint density at radius 3 is 2.43 bits per heavy atom. The van der Waals surface area contributed by atoms with Gasteiger partial charge in [0.2, 0.25) is 5.91 Å². The highest BCUT2D eigenvalue weighted by Gasteiger charge is 2.20. The van der Waals surface area contributed by atoms with Crippen molar-refractivity contribution in [1.82, 2.24) is 14.5 Å². The van der Waals surface area contributed by atoms with Gasteiger partial charge in [-0.3, -0.25) is 14.2 Å². The number of carbonyl (C=O) groups excluding carboxylic acids is 1. The topological polar surface area (TPSA) is 55.2 Å². The predicted octanol–water partition coefficient (Wildman–Crippen LogP) is 4.97. The summed E-state index contributed by atoms with van der Waals surface area (Å²) in [5.41, 5.74) is 3.38. The Labute approximate surface area is 186 Å². The number of aromatic nitrogens is 2. The van der Waals surface area contributed by atoms with Crippen LogP contribution in [0.5, 0.6) is 0 Å². The Kier molecular flexibility index (Phi) is 7.03. The number of fused-ring (bicyclic) bond motifs is 1. The maximum atomic E-state index is 13.1. The third kappa shape index (κ3) is 4.62. The zero-order valence-electron chi connectivity index (χ0n) is 18.5. The molecule has 0 saturated heterocycles. The summed E-state index contributed by atoms with van der Waals surface area (Å²) >= 11 is 2.88. The fourth-order valence-corrected chi connectivity index (χ4v) is 5.46. The van der Waals surface area contributed by atoms with Crippen LogP contribution in [0.3, 0.4) is 0 Å². The van der Waals surface area contributed by atoms with Crippen molar-refractivity contribution < 1.29 is 4.79 Å². The summed E-state index contributed by atoms with van der Waals surface area (Å²) in [5.74, 6) is 0.264. The Morgan fingerprint density at radius 1 is 1.20 bits per heavy atom. The Hall–Kier alpha value is -2.12. The first-order valence-electron chi connectivity index (χ1n) is 10.2. The van der Waals surface area contributed by atoms with E-state index in [1.165, 1.54) is 28.7 Å². The van der Waals surface area contributed by atoms with Crippen LogP contribution in [0.25, 0.3) is 10.2 Å². The molecule has 1 amide bonds. The van der Waals surface area contributed by atoms with Crippen molar-refractivity contribution in [1.29, 1.82) is 0 Å². The summed E-state index contributed by atoms with van der Waals surface area (Å²) in [7, 11) is 1.81. The molecule has 0 radical (unpaired) electrons.